The summed E-state index contributed by atoms with van der Waals surface area (Å²) in [4.78, 5) is 48.2. The van der Waals surface area contributed by atoms with E-state index in [1.54, 1.807) is 0 Å². The molecule has 2 rings (SSSR count). The quantitative estimate of drug-likeness (QED) is 0.0488. The fourth-order valence-corrected chi connectivity index (χ4v) is 5.43. The Hall–Kier alpha value is -2.36. The van der Waals surface area contributed by atoms with E-state index < -0.39 is 86.5 Å². The fourth-order valence-electron chi connectivity index (χ4n) is 5.43. The van der Waals surface area contributed by atoms with E-state index in [4.69, 9.17) is 18.9 Å². The van der Waals surface area contributed by atoms with Crippen molar-refractivity contribution in [2.45, 2.75) is 139 Å². The van der Waals surface area contributed by atoms with Crippen LogP contribution in [0.25, 0.3) is 0 Å². The van der Waals surface area contributed by atoms with Crippen LogP contribution in [-0.2, 0) is 38.1 Å². The highest BCUT2D eigenvalue weighted by Gasteiger charge is 2.45. The maximum atomic E-state index is 12.4. The zero-order valence-corrected chi connectivity index (χ0v) is 28.1. The summed E-state index contributed by atoms with van der Waals surface area (Å²) in [5.74, 6) is -1.13. The molecule has 49 heavy (non-hydrogen) atoms. The zero-order chi connectivity index (χ0) is 36.5. The van der Waals surface area contributed by atoms with Crippen LogP contribution in [-0.4, -0.2) is 160 Å². The molecule has 0 saturated carbocycles. The summed E-state index contributed by atoms with van der Waals surface area (Å²) in [5.41, 5.74) is 0. The van der Waals surface area contributed by atoms with Gasteiger partial charge in [0.05, 0.1) is 19.3 Å². The lowest BCUT2D eigenvalue weighted by Gasteiger charge is -2.42. The van der Waals surface area contributed by atoms with Crippen molar-refractivity contribution in [3.05, 3.63) is 0 Å². The lowest BCUT2D eigenvalue weighted by molar-refractivity contribution is -0.301. The van der Waals surface area contributed by atoms with Gasteiger partial charge in [0.25, 0.3) is 0 Å². The van der Waals surface area contributed by atoms with E-state index in [1.165, 1.54) is 13.8 Å². The number of aliphatic hydroxyl groups excluding tert-OH is 7. The highest BCUT2D eigenvalue weighted by molar-refractivity contribution is 5.87. The van der Waals surface area contributed by atoms with Crippen molar-refractivity contribution >= 4 is 23.5 Å². The average molecular weight is 710 g/mol. The summed E-state index contributed by atoms with van der Waals surface area (Å²) in [6, 6.07) is -1.69. The van der Waals surface area contributed by atoms with Gasteiger partial charge < -0.3 is 70.6 Å². The Bertz CT molecular complexity index is 1020. The molecule has 0 bridgehead atoms. The monoisotopic (exact) mass is 709 g/mol. The zero-order valence-electron chi connectivity index (χ0n) is 28.1. The SMILES string of the molecule is CC(=O)NC1C(OCCCCC(=O)NCCCCC(NC(=O)CCCCOC2OC(CO)C(O)C(O)C2O)C(C)=O)OC(CO)C(O)C1O. The number of nitrogens with one attached hydrogen (secondary N) is 3. The molecule has 10 N–H and O–H groups in total. The summed E-state index contributed by atoms with van der Waals surface area (Å²) in [6.45, 7) is 2.14. The summed E-state index contributed by atoms with van der Waals surface area (Å²) in [6.07, 6.45) is -8.10. The molecule has 18 heteroatoms. The van der Waals surface area contributed by atoms with E-state index in [0.717, 1.165) is 0 Å². The van der Waals surface area contributed by atoms with Gasteiger partial charge in [-0.3, -0.25) is 19.2 Å². The second-order valence-electron chi connectivity index (χ2n) is 12.4. The van der Waals surface area contributed by atoms with Gasteiger partial charge in [0.2, 0.25) is 17.7 Å². The number of Topliss-reactive ketones (excluding diaryl/α,β-unsaturated/α-hetero) is 1. The Labute approximate surface area is 285 Å². The number of hydrogen-bond donors (Lipinski definition) is 10. The maximum Gasteiger partial charge on any atom is 0.220 e. The molecular weight excluding hydrogens is 654 g/mol. The van der Waals surface area contributed by atoms with Crippen LogP contribution in [0, 0.1) is 0 Å². The number of unbranched alkanes of at least 4 members (excludes halogenated alkanes) is 3. The van der Waals surface area contributed by atoms with Crippen LogP contribution in [0.5, 0.6) is 0 Å². The van der Waals surface area contributed by atoms with Crippen LogP contribution in [0.4, 0.5) is 0 Å². The molecule has 0 radical (unpaired) electrons. The lowest BCUT2D eigenvalue weighted by atomic mass is 9.97. The van der Waals surface area contributed by atoms with Crippen molar-refractivity contribution in [2.24, 2.45) is 0 Å². The van der Waals surface area contributed by atoms with Gasteiger partial charge in [0.15, 0.2) is 18.4 Å². The van der Waals surface area contributed by atoms with Gasteiger partial charge in [-0.1, -0.05) is 0 Å². The first kappa shape index (κ1) is 42.8. The molecule has 0 aromatic carbocycles. The van der Waals surface area contributed by atoms with Crippen molar-refractivity contribution in [1.82, 2.24) is 16.0 Å². The number of carbonyl (C=O) groups is 4. The molecule has 0 spiro atoms. The minimum Gasteiger partial charge on any atom is -0.394 e. The van der Waals surface area contributed by atoms with Crippen LogP contribution in [0.1, 0.15) is 71.6 Å². The molecule has 2 aliphatic rings. The summed E-state index contributed by atoms with van der Waals surface area (Å²) in [7, 11) is 0. The summed E-state index contributed by atoms with van der Waals surface area (Å²) < 4.78 is 21.8. The molecule has 2 heterocycles. The van der Waals surface area contributed by atoms with Gasteiger partial charge in [-0.05, 0) is 51.9 Å². The van der Waals surface area contributed by atoms with Crippen LogP contribution in [0.3, 0.4) is 0 Å². The van der Waals surface area contributed by atoms with Crippen LogP contribution >= 0.6 is 0 Å². The lowest BCUT2D eigenvalue weighted by Crippen LogP contribution is -2.64. The Morgan fingerprint density at radius 3 is 1.80 bits per heavy atom. The Morgan fingerprint density at radius 2 is 1.22 bits per heavy atom. The minimum absolute atomic E-state index is 0.0873. The molecule has 284 valence electrons. The standard InChI is InChI=1S/C31H55N3O15/c1-17(37)19(34-23(40)11-5-8-14-47-31-29(45)28(44)26(42)21(16-36)49-31)9-3-6-12-32-22(39)10-4-7-13-46-30-24(33-18(2)38)27(43)25(41)20(15-35)48-30/h19-21,24-31,35-36,41-45H,3-16H2,1-2H3,(H,32,39)(H,33,38)(H,34,40). The highest BCUT2D eigenvalue weighted by Crippen LogP contribution is 2.23. The van der Waals surface area contributed by atoms with Crippen molar-refractivity contribution in [2.75, 3.05) is 33.0 Å². The minimum atomic E-state index is -1.54. The predicted octanol–water partition coefficient (Wildman–Crippen LogP) is -3.54. The number of hydrogen-bond acceptors (Lipinski definition) is 15. The molecular formula is C31H55N3O15. The van der Waals surface area contributed by atoms with E-state index in [9.17, 15) is 54.9 Å². The topological polar surface area (TPSA) is 283 Å². The second kappa shape index (κ2) is 22.5. The molecule has 0 aromatic heterocycles. The van der Waals surface area contributed by atoms with Crippen LogP contribution < -0.4 is 16.0 Å². The van der Waals surface area contributed by atoms with Crippen molar-refractivity contribution in [3.8, 4) is 0 Å². The molecule has 11 atom stereocenters. The molecule has 18 nitrogen and oxygen atoms in total. The van der Waals surface area contributed by atoms with Crippen molar-refractivity contribution in [3.63, 3.8) is 0 Å². The van der Waals surface area contributed by atoms with E-state index in [2.05, 4.69) is 16.0 Å². The maximum absolute atomic E-state index is 12.4. The van der Waals surface area contributed by atoms with Gasteiger partial charge >= 0.3 is 0 Å². The van der Waals surface area contributed by atoms with Gasteiger partial charge in [-0.25, -0.2) is 0 Å². The average Bonchev–Trinajstić information content (AvgIpc) is 3.06. The Morgan fingerprint density at radius 1 is 0.673 bits per heavy atom. The number of carbonyl (C=O) groups excluding carboxylic acids is 4. The van der Waals surface area contributed by atoms with Crippen molar-refractivity contribution in [1.29, 1.82) is 0 Å². The summed E-state index contributed by atoms with van der Waals surface area (Å²) >= 11 is 0. The Balaban J connectivity index is 1.56. The third-order valence-electron chi connectivity index (χ3n) is 8.33. The first-order valence-electron chi connectivity index (χ1n) is 16.8. The third kappa shape index (κ3) is 14.4. The number of amides is 3. The molecule has 0 aliphatic carbocycles. The first-order chi connectivity index (χ1) is 23.3. The van der Waals surface area contributed by atoms with Crippen molar-refractivity contribution < 1.29 is 73.9 Å². The van der Waals surface area contributed by atoms with E-state index in [-0.39, 0.29) is 43.7 Å². The number of ketones is 1. The largest absolute Gasteiger partial charge is 0.394 e. The van der Waals surface area contributed by atoms with Crippen LogP contribution in [0.2, 0.25) is 0 Å². The Kier molecular flexibility index (Phi) is 19.6. The van der Waals surface area contributed by atoms with E-state index in [0.29, 0.717) is 51.5 Å². The number of rotatable bonds is 22. The molecule has 2 aliphatic heterocycles. The third-order valence-corrected chi connectivity index (χ3v) is 8.33. The predicted molar refractivity (Wildman–Crippen MR) is 168 cm³/mol. The van der Waals surface area contributed by atoms with Gasteiger partial charge in [0, 0.05) is 39.5 Å². The molecule has 2 saturated heterocycles. The first-order valence-corrected chi connectivity index (χ1v) is 16.8. The molecule has 3 amide bonds. The highest BCUT2D eigenvalue weighted by atomic mass is 16.7. The van der Waals surface area contributed by atoms with Gasteiger partial charge in [0.1, 0.15) is 48.8 Å². The number of ether oxygens (including phenoxy) is 4. The summed E-state index contributed by atoms with van der Waals surface area (Å²) in [5, 5.41) is 76.6. The second-order valence-corrected chi connectivity index (χ2v) is 12.4. The van der Waals surface area contributed by atoms with Gasteiger partial charge in [-0.15, -0.1) is 0 Å². The van der Waals surface area contributed by atoms with E-state index >= 15 is 0 Å². The molecule has 0 aromatic rings. The molecule has 11 unspecified atom stereocenters. The van der Waals surface area contributed by atoms with E-state index in [1.807, 2.05) is 0 Å². The van der Waals surface area contributed by atoms with Gasteiger partial charge in [-0.2, -0.15) is 0 Å². The number of aliphatic hydroxyl groups is 7. The molecule has 2 fully saturated rings. The smallest absolute Gasteiger partial charge is 0.220 e. The fraction of sp³-hybridized carbons (Fsp3) is 0.871. The van der Waals surface area contributed by atoms with Crippen LogP contribution in [0.15, 0.2) is 0 Å². The normalized spacial score (nSPS) is 30.7.